The summed E-state index contributed by atoms with van der Waals surface area (Å²) in [6, 6.07) is 0.416. The van der Waals surface area contributed by atoms with E-state index in [2.05, 4.69) is 31.0 Å². The van der Waals surface area contributed by atoms with Crippen LogP contribution in [-0.2, 0) is 9.53 Å². The van der Waals surface area contributed by atoms with Crippen LogP contribution in [0.4, 0.5) is 0 Å². The van der Waals surface area contributed by atoms with Crippen molar-refractivity contribution in [3.05, 3.63) is 0 Å². The standard InChI is InChI=1S/C16H30N2O2/c1-5-7-8-14-16(19)18(15(17-14)11(3)4)12-9-13(10-12)20-6-2/h11-15,17H,5-10H2,1-4H3. The van der Waals surface area contributed by atoms with Gasteiger partial charge in [-0.25, -0.2) is 0 Å². The Hall–Kier alpha value is -0.610. The highest BCUT2D eigenvalue weighted by Crippen LogP contribution is 2.34. The minimum absolute atomic E-state index is 0.0356. The van der Waals surface area contributed by atoms with E-state index in [9.17, 15) is 4.79 Å². The fraction of sp³-hybridized carbons (Fsp3) is 0.938. The maximum atomic E-state index is 12.6. The lowest BCUT2D eigenvalue weighted by Gasteiger charge is -2.44. The van der Waals surface area contributed by atoms with Gasteiger partial charge in [-0.1, -0.05) is 33.6 Å². The zero-order valence-electron chi connectivity index (χ0n) is 13.4. The number of carbonyl (C=O) groups is 1. The highest BCUT2D eigenvalue weighted by molar-refractivity contribution is 5.84. The van der Waals surface area contributed by atoms with Crippen LogP contribution in [0.25, 0.3) is 0 Å². The van der Waals surface area contributed by atoms with Crippen LogP contribution in [0.5, 0.6) is 0 Å². The van der Waals surface area contributed by atoms with Crippen molar-refractivity contribution in [2.45, 2.75) is 84.2 Å². The van der Waals surface area contributed by atoms with Gasteiger partial charge in [0.15, 0.2) is 0 Å². The average Bonchev–Trinajstić information content (AvgIpc) is 2.68. The molecule has 4 heteroatoms. The van der Waals surface area contributed by atoms with Crippen LogP contribution >= 0.6 is 0 Å². The van der Waals surface area contributed by atoms with Gasteiger partial charge in [0, 0.05) is 12.6 Å². The summed E-state index contributed by atoms with van der Waals surface area (Å²) in [6.07, 6.45) is 5.81. The maximum absolute atomic E-state index is 12.6. The van der Waals surface area contributed by atoms with Gasteiger partial charge in [-0.3, -0.25) is 10.1 Å². The summed E-state index contributed by atoms with van der Waals surface area (Å²) >= 11 is 0. The Kier molecular flexibility index (Phi) is 5.44. The van der Waals surface area contributed by atoms with Gasteiger partial charge in [0.2, 0.25) is 5.91 Å². The Morgan fingerprint density at radius 2 is 2.05 bits per heavy atom. The van der Waals surface area contributed by atoms with Crippen LogP contribution in [0.3, 0.4) is 0 Å². The monoisotopic (exact) mass is 282 g/mol. The molecule has 0 aromatic carbocycles. The Bertz CT molecular complexity index is 326. The topological polar surface area (TPSA) is 41.6 Å². The third-order valence-electron chi connectivity index (χ3n) is 4.57. The third-order valence-corrected chi connectivity index (χ3v) is 4.57. The Balaban J connectivity index is 1.96. The fourth-order valence-electron chi connectivity index (χ4n) is 3.35. The SMILES string of the molecule is CCCCC1NC(C(C)C)N(C2CC(OCC)C2)C1=O. The first kappa shape index (κ1) is 15.8. The molecule has 2 unspecified atom stereocenters. The van der Waals surface area contributed by atoms with Gasteiger partial charge >= 0.3 is 0 Å². The van der Waals surface area contributed by atoms with E-state index in [4.69, 9.17) is 4.74 Å². The molecule has 1 saturated heterocycles. The second-order valence-electron chi connectivity index (χ2n) is 6.50. The largest absolute Gasteiger partial charge is 0.378 e. The van der Waals surface area contributed by atoms with E-state index in [-0.39, 0.29) is 12.2 Å². The number of nitrogens with zero attached hydrogens (tertiary/aromatic N) is 1. The van der Waals surface area contributed by atoms with Crippen molar-refractivity contribution < 1.29 is 9.53 Å². The maximum Gasteiger partial charge on any atom is 0.241 e. The number of unbranched alkanes of at least 4 members (excludes halogenated alkanes) is 1. The van der Waals surface area contributed by atoms with Crippen LogP contribution in [-0.4, -0.2) is 41.8 Å². The fourth-order valence-corrected chi connectivity index (χ4v) is 3.35. The summed E-state index contributed by atoms with van der Waals surface area (Å²) in [4.78, 5) is 14.8. The molecule has 0 spiro atoms. The molecule has 2 aliphatic rings. The Labute approximate surface area is 123 Å². The van der Waals surface area contributed by atoms with Crippen LogP contribution < -0.4 is 5.32 Å². The van der Waals surface area contributed by atoms with Crippen LogP contribution in [0.1, 0.15) is 59.8 Å². The van der Waals surface area contributed by atoms with E-state index >= 15 is 0 Å². The zero-order valence-corrected chi connectivity index (χ0v) is 13.4. The molecule has 1 heterocycles. The summed E-state index contributed by atoms with van der Waals surface area (Å²) in [5.41, 5.74) is 0. The predicted octanol–water partition coefficient (Wildman–Crippen LogP) is 2.53. The smallest absolute Gasteiger partial charge is 0.241 e. The number of ether oxygens (including phenoxy) is 1. The molecular formula is C16H30N2O2. The van der Waals surface area contributed by atoms with E-state index in [1.165, 1.54) is 0 Å². The van der Waals surface area contributed by atoms with Crippen LogP contribution in [0, 0.1) is 5.92 Å². The van der Waals surface area contributed by atoms with Gasteiger partial charge in [0.1, 0.15) is 0 Å². The molecule has 1 amide bonds. The van der Waals surface area contributed by atoms with Crippen molar-refractivity contribution >= 4 is 5.91 Å². The van der Waals surface area contributed by atoms with Gasteiger partial charge in [0.25, 0.3) is 0 Å². The Morgan fingerprint density at radius 3 is 2.60 bits per heavy atom. The second kappa shape index (κ2) is 6.90. The van der Waals surface area contributed by atoms with E-state index in [1.807, 2.05) is 6.92 Å². The molecule has 0 aromatic heterocycles. The predicted molar refractivity (Wildman–Crippen MR) is 80.4 cm³/mol. The summed E-state index contributed by atoms with van der Waals surface area (Å²) in [5, 5.41) is 3.56. The van der Waals surface area contributed by atoms with Gasteiger partial charge in [-0.15, -0.1) is 0 Å². The molecule has 2 fully saturated rings. The summed E-state index contributed by atoms with van der Waals surface area (Å²) in [5.74, 6) is 0.772. The van der Waals surface area contributed by atoms with Gasteiger partial charge < -0.3 is 9.64 Å². The molecule has 0 radical (unpaired) electrons. The van der Waals surface area contributed by atoms with Crippen LogP contribution in [0.2, 0.25) is 0 Å². The molecule has 0 aromatic rings. The number of hydrogen-bond donors (Lipinski definition) is 1. The summed E-state index contributed by atoms with van der Waals surface area (Å²) < 4.78 is 5.63. The normalized spacial score (nSPS) is 33.9. The molecule has 1 N–H and O–H groups in total. The van der Waals surface area contributed by atoms with E-state index in [0.717, 1.165) is 38.7 Å². The number of rotatable bonds is 7. The lowest BCUT2D eigenvalue weighted by atomic mass is 9.86. The highest BCUT2D eigenvalue weighted by atomic mass is 16.5. The lowest BCUT2D eigenvalue weighted by Crippen LogP contribution is -2.54. The van der Waals surface area contributed by atoms with Crippen molar-refractivity contribution in [3.8, 4) is 0 Å². The minimum Gasteiger partial charge on any atom is -0.378 e. The Morgan fingerprint density at radius 1 is 1.35 bits per heavy atom. The van der Waals surface area contributed by atoms with Crippen molar-refractivity contribution in [3.63, 3.8) is 0 Å². The van der Waals surface area contributed by atoms with Gasteiger partial charge in [0.05, 0.1) is 18.3 Å². The molecule has 1 aliphatic heterocycles. The minimum atomic E-state index is 0.0356. The first-order valence-electron chi connectivity index (χ1n) is 8.28. The quantitative estimate of drug-likeness (QED) is 0.780. The molecular weight excluding hydrogens is 252 g/mol. The third kappa shape index (κ3) is 3.17. The summed E-state index contributed by atoms with van der Waals surface area (Å²) in [7, 11) is 0. The molecule has 2 rings (SSSR count). The first-order valence-corrected chi connectivity index (χ1v) is 8.28. The summed E-state index contributed by atoms with van der Waals surface area (Å²) in [6.45, 7) is 9.37. The highest BCUT2D eigenvalue weighted by Gasteiger charge is 2.47. The molecule has 1 saturated carbocycles. The second-order valence-corrected chi connectivity index (χ2v) is 6.50. The number of amides is 1. The van der Waals surface area contributed by atoms with Crippen LogP contribution in [0.15, 0.2) is 0 Å². The zero-order chi connectivity index (χ0) is 14.7. The van der Waals surface area contributed by atoms with E-state index in [0.29, 0.717) is 24.0 Å². The van der Waals surface area contributed by atoms with Crippen molar-refractivity contribution in [1.82, 2.24) is 10.2 Å². The van der Waals surface area contributed by atoms with E-state index < -0.39 is 0 Å². The number of nitrogens with one attached hydrogen (secondary N) is 1. The molecule has 116 valence electrons. The molecule has 4 nitrogen and oxygen atoms in total. The molecule has 2 atom stereocenters. The van der Waals surface area contributed by atoms with Crippen molar-refractivity contribution in [2.24, 2.45) is 5.92 Å². The first-order chi connectivity index (χ1) is 9.58. The van der Waals surface area contributed by atoms with Gasteiger partial charge in [-0.2, -0.15) is 0 Å². The molecule has 20 heavy (non-hydrogen) atoms. The van der Waals surface area contributed by atoms with Crippen molar-refractivity contribution in [1.29, 1.82) is 0 Å². The molecule has 1 aliphatic carbocycles. The van der Waals surface area contributed by atoms with Gasteiger partial charge in [-0.05, 0) is 32.1 Å². The lowest BCUT2D eigenvalue weighted by molar-refractivity contribution is -0.139. The van der Waals surface area contributed by atoms with Crippen molar-refractivity contribution in [2.75, 3.05) is 6.61 Å². The number of carbonyl (C=O) groups excluding carboxylic acids is 1. The van der Waals surface area contributed by atoms with E-state index in [1.54, 1.807) is 0 Å². The average molecular weight is 282 g/mol. The number of hydrogen-bond acceptors (Lipinski definition) is 3. The molecule has 0 bridgehead atoms.